The molecule has 107 heavy (non-hydrogen) atoms. The molecule has 0 spiro atoms. The normalized spacial score (nSPS) is 14.8. The van der Waals surface area contributed by atoms with Crippen LogP contribution in [-0.2, 0) is 55.8 Å². The van der Waals surface area contributed by atoms with Gasteiger partial charge in [0.05, 0.1) is 26.4 Å². The van der Waals surface area contributed by atoms with Crippen LogP contribution >= 0.6 is 15.6 Å². The van der Waals surface area contributed by atoms with Crippen LogP contribution in [0.5, 0.6) is 0 Å². The van der Waals surface area contributed by atoms with Crippen molar-refractivity contribution < 1.29 is 75.8 Å². The van der Waals surface area contributed by atoms with Gasteiger partial charge in [-0.15, -0.1) is 0 Å². The summed E-state index contributed by atoms with van der Waals surface area (Å²) >= 11 is 0. The van der Waals surface area contributed by atoms with E-state index >= 15 is 0 Å². The number of phosphoric acid groups is 2. The van der Waals surface area contributed by atoms with Gasteiger partial charge in [0.25, 0.3) is 0 Å². The number of phosphoric ester groups is 2. The van der Waals surface area contributed by atoms with E-state index in [1.54, 1.807) is 0 Å². The minimum atomic E-state index is -4.95. The molecule has 0 saturated heterocycles. The van der Waals surface area contributed by atoms with Crippen molar-refractivity contribution in [1.82, 2.24) is 0 Å². The quantitative estimate of drug-likeness (QED) is 0.0146. The molecule has 0 fully saturated rings. The van der Waals surface area contributed by atoms with Crippen LogP contribution in [0.2, 0.25) is 0 Å². The second-order valence-corrected chi connectivity index (χ2v) is 30.1. The SMILES string of the molecule is CC/C=C\C/C=C\C/C=C\C/C=C\C/C=C\C/C=C\CCCCCCCCCCCCC(=O)OCC(O)COP(=O)(O)OCC(O)COP(=O)(O)OCC(COC(=O)CCCCCCCCC/C=C\C/C=C\C/C=C\C/C=C\C/C=C\CC)OC(=O)CCCCCCCC/C=C\C/C=C\C/C=C\CCCCC. The Balaban J connectivity index is 4.64. The minimum absolute atomic E-state index is 0.0822. The fraction of sp³-hybridized carbons (Fsp3) is 0.652. The lowest BCUT2D eigenvalue weighted by molar-refractivity contribution is -0.161. The second-order valence-electron chi connectivity index (χ2n) is 27.2. The zero-order valence-corrected chi connectivity index (χ0v) is 68.5. The van der Waals surface area contributed by atoms with Crippen LogP contribution in [0.15, 0.2) is 170 Å². The molecule has 5 unspecified atom stereocenters. The van der Waals surface area contributed by atoms with Crippen molar-refractivity contribution in [1.29, 1.82) is 0 Å². The number of carbonyl (C=O) groups is 3. The Kier molecular flexibility index (Phi) is 76.6. The highest BCUT2D eigenvalue weighted by atomic mass is 31.2. The molecular weight excluding hydrogens is 1390 g/mol. The Hall–Kier alpha value is -5.09. The van der Waals surface area contributed by atoms with Crippen LogP contribution < -0.4 is 0 Å². The number of hydrogen-bond donors (Lipinski definition) is 4. The first kappa shape index (κ1) is 102. The molecule has 0 aliphatic heterocycles. The summed E-state index contributed by atoms with van der Waals surface area (Å²) in [5.74, 6) is -1.61. The summed E-state index contributed by atoms with van der Waals surface area (Å²) < 4.78 is 61.3. The van der Waals surface area contributed by atoms with E-state index in [-0.39, 0.29) is 19.3 Å². The van der Waals surface area contributed by atoms with Gasteiger partial charge in [-0.1, -0.05) is 313 Å². The van der Waals surface area contributed by atoms with Crippen LogP contribution in [0.1, 0.15) is 316 Å². The first-order valence-electron chi connectivity index (χ1n) is 41.4. The van der Waals surface area contributed by atoms with Gasteiger partial charge in [0, 0.05) is 19.3 Å². The van der Waals surface area contributed by atoms with Crippen LogP contribution in [0.4, 0.5) is 0 Å². The molecule has 0 saturated carbocycles. The van der Waals surface area contributed by atoms with Gasteiger partial charge < -0.3 is 34.2 Å². The standard InChI is InChI=1S/C89H148O16P2/c1-4-7-10-13-16-19-22-25-28-31-34-36-38-39-40-41-42-43-45-47-49-51-54-57-60-63-66-69-72-75-87(92)99-78-84(90)79-101-106(95,96)102-80-85(91)81-103-107(97,98)104-83-86(105-89(94)77-74-71-68-65-62-59-56-53-48-33-30-27-24-21-18-15-12-9-6-3)82-100-88(93)76-73-70-67-64-61-58-55-52-50-46-44-37-35-32-29-26-23-20-17-14-11-8-5-2/h7-8,10-11,16-21,25-30,34-37,39-40,42-43,46,48,50,53,84-86,90-91H,4-6,9,12-15,22-24,31-33,38,41,44-45,47,49,51-52,54-83H2,1-3H3,(H,95,96)(H,97,98)/b10-7-,11-8-,19-16-,20-17-,21-18-,28-25-,29-26-,30-27-,36-34-,37-35-,40-39-,43-42-,50-46-,53-48-. The Morgan fingerprint density at radius 1 is 0.271 bits per heavy atom. The number of rotatable bonds is 77. The third-order valence-corrected chi connectivity index (χ3v) is 18.8. The number of unbranched alkanes of at least 4 members (excludes halogenated alkanes) is 26. The highest BCUT2D eigenvalue weighted by Crippen LogP contribution is 2.45. The van der Waals surface area contributed by atoms with E-state index in [4.69, 9.17) is 32.3 Å². The zero-order valence-electron chi connectivity index (χ0n) is 66.7. The summed E-state index contributed by atoms with van der Waals surface area (Å²) in [6, 6.07) is 0. The van der Waals surface area contributed by atoms with Gasteiger partial charge in [0.2, 0.25) is 0 Å². The van der Waals surface area contributed by atoms with Crippen LogP contribution in [0.3, 0.4) is 0 Å². The summed E-state index contributed by atoms with van der Waals surface area (Å²) in [6.45, 7) is 2.40. The van der Waals surface area contributed by atoms with Crippen molar-refractivity contribution >= 4 is 33.6 Å². The average Bonchev–Trinajstić information content (AvgIpc) is 0.907. The highest BCUT2D eigenvalue weighted by Gasteiger charge is 2.29. The fourth-order valence-electron chi connectivity index (χ4n) is 10.7. The van der Waals surface area contributed by atoms with Crippen molar-refractivity contribution in [2.24, 2.45) is 0 Å². The van der Waals surface area contributed by atoms with Gasteiger partial charge in [0.15, 0.2) is 6.10 Å². The first-order valence-corrected chi connectivity index (χ1v) is 44.4. The second kappa shape index (κ2) is 80.4. The van der Waals surface area contributed by atoms with E-state index in [0.29, 0.717) is 19.3 Å². The lowest BCUT2D eigenvalue weighted by Gasteiger charge is -2.21. The molecule has 610 valence electrons. The minimum Gasteiger partial charge on any atom is -0.463 e. The first-order chi connectivity index (χ1) is 52.2. The predicted octanol–water partition coefficient (Wildman–Crippen LogP) is 24.8. The number of aliphatic hydroxyl groups excluding tert-OH is 2. The average molecular weight is 1540 g/mol. The Labute approximate surface area is 650 Å². The van der Waals surface area contributed by atoms with E-state index in [2.05, 4.69) is 191 Å². The maximum atomic E-state index is 13.0. The van der Waals surface area contributed by atoms with Crippen molar-refractivity contribution in [3.63, 3.8) is 0 Å². The molecule has 0 amide bonds. The molecule has 0 aliphatic rings. The van der Waals surface area contributed by atoms with Crippen molar-refractivity contribution in [2.45, 2.75) is 334 Å². The third-order valence-electron chi connectivity index (χ3n) is 16.9. The maximum absolute atomic E-state index is 13.0. The largest absolute Gasteiger partial charge is 0.472 e. The summed E-state index contributed by atoms with van der Waals surface area (Å²) in [7, 11) is -9.82. The summed E-state index contributed by atoms with van der Waals surface area (Å²) in [6.07, 6.45) is 102. The molecule has 18 heteroatoms. The third kappa shape index (κ3) is 81.7. The number of ether oxygens (including phenoxy) is 3. The van der Waals surface area contributed by atoms with Gasteiger partial charge >= 0.3 is 33.6 Å². The Morgan fingerprint density at radius 2 is 0.495 bits per heavy atom. The Morgan fingerprint density at radius 3 is 0.785 bits per heavy atom. The lowest BCUT2D eigenvalue weighted by atomic mass is 10.1. The van der Waals surface area contributed by atoms with Crippen LogP contribution in [0.25, 0.3) is 0 Å². The molecule has 0 radical (unpaired) electrons. The number of carbonyl (C=O) groups excluding carboxylic acids is 3. The monoisotopic (exact) mass is 1540 g/mol. The van der Waals surface area contributed by atoms with E-state index in [1.807, 2.05) is 0 Å². The summed E-state index contributed by atoms with van der Waals surface area (Å²) in [5.41, 5.74) is 0. The van der Waals surface area contributed by atoms with Crippen LogP contribution in [-0.4, -0.2) is 95.9 Å². The predicted molar refractivity (Wildman–Crippen MR) is 445 cm³/mol. The van der Waals surface area contributed by atoms with Gasteiger partial charge in [-0.25, -0.2) is 9.13 Å². The topological polar surface area (TPSA) is 231 Å². The number of hydrogen-bond acceptors (Lipinski definition) is 14. The summed E-state index contributed by atoms with van der Waals surface area (Å²) in [4.78, 5) is 58.8. The fourth-order valence-corrected chi connectivity index (χ4v) is 12.3. The molecule has 0 aliphatic carbocycles. The van der Waals surface area contributed by atoms with Gasteiger partial charge in [0.1, 0.15) is 25.4 Å². The molecule has 4 N–H and O–H groups in total. The van der Waals surface area contributed by atoms with Crippen LogP contribution in [0, 0.1) is 0 Å². The van der Waals surface area contributed by atoms with E-state index in [1.165, 1.54) is 51.4 Å². The van der Waals surface area contributed by atoms with E-state index in [9.17, 15) is 43.5 Å². The zero-order chi connectivity index (χ0) is 78.0. The van der Waals surface area contributed by atoms with Crippen molar-refractivity contribution in [3.8, 4) is 0 Å². The highest BCUT2D eigenvalue weighted by molar-refractivity contribution is 7.47. The van der Waals surface area contributed by atoms with Crippen molar-refractivity contribution in [2.75, 3.05) is 39.6 Å². The number of esters is 3. The van der Waals surface area contributed by atoms with E-state index < -0.39 is 91.5 Å². The molecule has 5 atom stereocenters. The van der Waals surface area contributed by atoms with E-state index in [0.717, 1.165) is 205 Å². The van der Waals surface area contributed by atoms with Gasteiger partial charge in [-0.3, -0.25) is 32.5 Å². The Bertz CT molecular complexity index is 2620. The molecule has 0 aromatic heterocycles. The summed E-state index contributed by atoms with van der Waals surface area (Å²) in [5, 5.41) is 20.7. The maximum Gasteiger partial charge on any atom is 0.472 e. The number of allylic oxidation sites excluding steroid dienone is 28. The molecule has 0 aromatic rings. The molecule has 16 nitrogen and oxygen atoms in total. The smallest absolute Gasteiger partial charge is 0.463 e. The molecule has 0 heterocycles. The lowest BCUT2D eigenvalue weighted by Crippen LogP contribution is -2.30. The molecular formula is C89H148O16P2. The number of aliphatic hydroxyl groups is 2. The molecule has 0 aromatic carbocycles. The van der Waals surface area contributed by atoms with Gasteiger partial charge in [-0.2, -0.15) is 0 Å². The molecule has 0 rings (SSSR count). The van der Waals surface area contributed by atoms with Crippen molar-refractivity contribution in [3.05, 3.63) is 170 Å². The molecule has 0 bridgehead atoms. The van der Waals surface area contributed by atoms with Gasteiger partial charge in [-0.05, 0) is 154 Å².